The number of hydrogen-bond acceptors (Lipinski definition) is 5. The normalized spacial score (nSPS) is 16.6. The van der Waals surface area contributed by atoms with Crippen LogP contribution in [0.15, 0.2) is 54.6 Å². The van der Waals surface area contributed by atoms with E-state index in [2.05, 4.69) is 20.9 Å². The molecule has 4 rings (SSSR count). The van der Waals surface area contributed by atoms with Crippen molar-refractivity contribution in [3.63, 3.8) is 0 Å². The highest BCUT2D eigenvalue weighted by Crippen LogP contribution is 2.26. The summed E-state index contributed by atoms with van der Waals surface area (Å²) in [6, 6.07) is 14.4. The van der Waals surface area contributed by atoms with Crippen LogP contribution in [0.4, 0.5) is 0 Å². The molecule has 0 aliphatic carbocycles. The number of aromatic nitrogens is 1. The highest BCUT2D eigenvalue weighted by molar-refractivity contribution is 6.28. The number of rotatable bonds is 11. The number of nitrogens with one attached hydrogen (secondary N) is 4. The highest BCUT2D eigenvalue weighted by atomic mass is 35.5. The second-order valence-electron chi connectivity index (χ2n) is 8.99. The van der Waals surface area contributed by atoms with Crippen LogP contribution in [0, 0.1) is 5.92 Å². The van der Waals surface area contributed by atoms with Crippen molar-refractivity contribution < 1.29 is 23.9 Å². The molecule has 37 heavy (non-hydrogen) atoms. The summed E-state index contributed by atoms with van der Waals surface area (Å²) in [6.45, 7) is 0.529. The molecule has 2 heterocycles. The fourth-order valence-corrected chi connectivity index (χ4v) is 4.70. The van der Waals surface area contributed by atoms with E-state index in [4.69, 9.17) is 16.3 Å². The molecule has 1 aliphatic heterocycles. The lowest BCUT2D eigenvalue weighted by atomic mass is 9.95. The average Bonchev–Trinajstić information content (AvgIpc) is 3.53. The Balaban J connectivity index is 1.55. The second kappa shape index (κ2) is 11.9. The largest absolute Gasteiger partial charge is 0.496 e. The summed E-state index contributed by atoms with van der Waals surface area (Å²) < 4.78 is 5.37. The lowest BCUT2D eigenvalue weighted by Crippen LogP contribution is -2.53. The zero-order chi connectivity index (χ0) is 26.4. The molecule has 2 aromatic carbocycles. The van der Waals surface area contributed by atoms with Crippen LogP contribution in [0.1, 0.15) is 28.9 Å². The van der Waals surface area contributed by atoms with Gasteiger partial charge in [-0.2, -0.15) is 0 Å². The molecule has 9 nitrogen and oxygen atoms in total. The van der Waals surface area contributed by atoms with Gasteiger partial charge in [0.1, 0.15) is 17.5 Å². The molecule has 194 valence electrons. The summed E-state index contributed by atoms with van der Waals surface area (Å²) in [7, 11) is 1.55. The van der Waals surface area contributed by atoms with E-state index >= 15 is 0 Å². The van der Waals surface area contributed by atoms with Crippen LogP contribution in [0.2, 0.25) is 0 Å². The van der Waals surface area contributed by atoms with E-state index in [0.717, 1.165) is 16.5 Å². The molecular formula is C27H29ClN4O5. The monoisotopic (exact) mass is 524 g/mol. The number of methoxy groups -OCH3 is 1. The smallest absolute Gasteiger partial charge is 0.268 e. The molecule has 0 bridgehead atoms. The molecule has 1 aliphatic rings. The van der Waals surface area contributed by atoms with Crippen LogP contribution < -0.4 is 20.7 Å². The summed E-state index contributed by atoms with van der Waals surface area (Å²) in [5, 5.41) is 9.01. The van der Waals surface area contributed by atoms with Crippen molar-refractivity contribution in [1.29, 1.82) is 0 Å². The standard InChI is InChI=1S/C27H29ClN4O5/c1-37-24-9-5-8-19-18(24)14-22(30-19)27(36)32-21(12-16-6-3-2-4-7-16)26(35)31-20(23(33)15-28)13-17-10-11-29-25(17)34/h2-9,14,17,20-21,30H,10-13,15H2,1H3,(H,29,34)(H,31,35)(H,32,36)/t17-,20-,21-/m0/s1. The molecule has 0 spiro atoms. The number of Topliss-reactive ketones (excluding diaryl/α,β-unsaturated/α-hetero) is 1. The maximum absolute atomic E-state index is 13.4. The van der Waals surface area contributed by atoms with E-state index in [9.17, 15) is 19.2 Å². The number of H-pyrrole nitrogens is 1. The minimum absolute atomic E-state index is 0.148. The number of benzene rings is 2. The van der Waals surface area contributed by atoms with Crippen molar-refractivity contribution in [3.05, 3.63) is 65.9 Å². The number of ether oxygens (including phenoxy) is 1. The Hall–Kier alpha value is -3.85. The average molecular weight is 525 g/mol. The second-order valence-corrected chi connectivity index (χ2v) is 9.26. The van der Waals surface area contributed by atoms with Crippen LogP contribution in [-0.2, 0) is 20.8 Å². The Kier molecular flexibility index (Phi) is 8.45. The van der Waals surface area contributed by atoms with E-state index in [1.807, 2.05) is 42.5 Å². The number of fused-ring (bicyclic) bond motifs is 1. The lowest BCUT2D eigenvalue weighted by Gasteiger charge is -2.24. The first-order chi connectivity index (χ1) is 17.9. The predicted molar refractivity (Wildman–Crippen MR) is 140 cm³/mol. The van der Waals surface area contributed by atoms with Crippen LogP contribution in [0.5, 0.6) is 5.75 Å². The topological polar surface area (TPSA) is 129 Å². The molecule has 0 radical (unpaired) electrons. The van der Waals surface area contributed by atoms with Gasteiger partial charge in [-0.05, 0) is 36.6 Å². The van der Waals surface area contributed by atoms with Gasteiger partial charge in [0.2, 0.25) is 11.8 Å². The Morgan fingerprint density at radius 1 is 1.08 bits per heavy atom. The predicted octanol–water partition coefficient (Wildman–Crippen LogP) is 2.34. The molecule has 1 fully saturated rings. The van der Waals surface area contributed by atoms with Gasteiger partial charge >= 0.3 is 0 Å². The SMILES string of the molecule is COc1cccc2[nH]c(C(=O)N[C@@H](Cc3ccccc3)C(=O)N[C@@H](C[C@@H]3CCNC3=O)C(=O)CCl)cc12. The van der Waals surface area contributed by atoms with Crippen LogP contribution in [0.25, 0.3) is 10.9 Å². The fourth-order valence-electron chi connectivity index (χ4n) is 4.51. The first kappa shape index (κ1) is 26.2. The number of carbonyl (C=O) groups is 4. The van der Waals surface area contributed by atoms with Gasteiger partial charge in [-0.3, -0.25) is 19.2 Å². The molecule has 3 amide bonds. The van der Waals surface area contributed by atoms with Gasteiger partial charge in [0.25, 0.3) is 5.91 Å². The van der Waals surface area contributed by atoms with Gasteiger partial charge < -0.3 is 25.7 Å². The van der Waals surface area contributed by atoms with Crippen molar-refractivity contribution in [3.8, 4) is 5.75 Å². The highest BCUT2D eigenvalue weighted by Gasteiger charge is 2.33. The molecular weight excluding hydrogens is 496 g/mol. The molecule has 3 atom stereocenters. The Morgan fingerprint density at radius 2 is 1.86 bits per heavy atom. The quantitative estimate of drug-likeness (QED) is 0.286. The third-order valence-electron chi connectivity index (χ3n) is 6.51. The molecule has 3 aromatic rings. The van der Waals surface area contributed by atoms with E-state index in [-0.39, 0.29) is 42.0 Å². The van der Waals surface area contributed by atoms with Crippen LogP contribution >= 0.6 is 11.6 Å². The van der Waals surface area contributed by atoms with Crippen LogP contribution in [-0.4, -0.2) is 60.1 Å². The molecule has 0 unspecified atom stereocenters. The molecule has 4 N–H and O–H groups in total. The van der Waals surface area contributed by atoms with Gasteiger partial charge in [-0.1, -0.05) is 36.4 Å². The van der Waals surface area contributed by atoms with Gasteiger partial charge in [0, 0.05) is 29.8 Å². The van der Waals surface area contributed by atoms with Gasteiger partial charge in [-0.25, -0.2) is 0 Å². The minimum atomic E-state index is -0.980. The summed E-state index contributed by atoms with van der Waals surface area (Å²) in [5.41, 5.74) is 1.81. The Bertz CT molecular complexity index is 1290. The Morgan fingerprint density at radius 3 is 2.54 bits per heavy atom. The third kappa shape index (κ3) is 6.29. The zero-order valence-corrected chi connectivity index (χ0v) is 21.1. The number of ketones is 1. The summed E-state index contributed by atoms with van der Waals surface area (Å²) in [5.74, 6) is -1.62. The Labute approximate surface area is 219 Å². The molecule has 10 heteroatoms. The van der Waals surface area contributed by atoms with E-state index < -0.39 is 23.9 Å². The van der Waals surface area contributed by atoms with Gasteiger partial charge in [-0.15, -0.1) is 11.6 Å². The third-order valence-corrected chi connectivity index (χ3v) is 6.78. The molecule has 1 saturated heterocycles. The zero-order valence-electron chi connectivity index (χ0n) is 20.4. The lowest BCUT2D eigenvalue weighted by molar-refractivity contribution is -0.129. The summed E-state index contributed by atoms with van der Waals surface area (Å²) >= 11 is 5.80. The van der Waals surface area contributed by atoms with Crippen molar-refractivity contribution >= 4 is 46.0 Å². The van der Waals surface area contributed by atoms with Gasteiger partial charge in [0.15, 0.2) is 5.78 Å². The van der Waals surface area contributed by atoms with Crippen molar-refractivity contribution in [2.24, 2.45) is 5.92 Å². The van der Waals surface area contributed by atoms with Crippen molar-refractivity contribution in [2.75, 3.05) is 19.5 Å². The number of hydrogen-bond donors (Lipinski definition) is 4. The number of amides is 3. The van der Waals surface area contributed by atoms with E-state index in [1.165, 1.54) is 0 Å². The first-order valence-electron chi connectivity index (χ1n) is 12.1. The molecule has 1 aromatic heterocycles. The summed E-state index contributed by atoms with van der Waals surface area (Å²) in [6.07, 6.45) is 0.930. The maximum Gasteiger partial charge on any atom is 0.268 e. The van der Waals surface area contributed by atoms with Crippen molar-refractivity contribution in [1.82, 2.24) is 20.9 Å². The van der Waals surface area contributed by atoms with Crippen molar-refractivity contribution in [2.45, 2.75) is 31.3 Å². The van der Waals surface area contributed by atoms with Gasteiger partial charge in [0.05, 0.1) is 19.0 Å². The van der Waals surface area contributed by atoms with Crippen LogP contribution in [0.3, 0.4) is 0 Å². The number of alkyl halides is 1. The minimum Gasteiger partial charge on any atom is -0.496 e. The first-order valence-corrected chi connectivity index (χ1v) is 12.6. The van der Waals surface area contributed by atoms with E-state index in [1.54, 1.807) is 19.2 Å². The maximum atomic E-state index is 13.4. The summed E-state index contributed by atoms with van der Waals surface area (Å²) in [4.78, 5) is 54.3. The fraction of sp³-hybridized carbons (Fsp3) is 0.333. The number of aromatic amines is 1. The number of halogens is 1. The van der Waals surface area contributed by atoms with E-state index in [0.29, 0.717) is 18.7 Å². The number of carbonyl (C=O) groups excluding carboxylic acids is 4. The molecule has 0 saturated carbocycles.